The molecular formula is C15H22N2O3S. The van der Waals surface area contributed by atoms with E-state index in [1.54, 1.807) is 11.3 Å². The van der Waals surface area contributed by atoms with Crippen molar-refractivity contribution in [3.8, 4) is 0 Å². The number of esters is 1. The fourth-order valence-electron chi connectivity index (χ4n) is 2.95. The number of carbonyl (C=O) groups excluding carboxylic acids is 1. The molecule has 0 bridgehead atoms. The van der Waals surface area contributed by atoms with E-state index in [-0.39, 0.29) is 11.9 Å². The molecule has 1 aromatic heterocycles. The lowest BCUT2D eigenvalue weighted by atomic mass is 9.91. The molecule has 116 valence electrons. The predicted octanol–water partition coefficient (Wildman–Crippen LogP) is 2.35. The van der Waals surface area contributed by atoms with Gasteiger partial charge in [0, 0.05) is 24.6 Å². The number of aromatic nitrogens is 1. The van der Waals surface area contributed by atoms with Crippen molar-refractivity contribution < 1.29 is 14.3 Å². The van der Waals surface area contributed by atoms with Gasteiger partial charge in [0.2, 0.25) is 0 Å². The minimum atomic E-state index is -0.165. The maximum Gasteiger partial charge on any atom is 0.315 e. The minimum Gasteiger partial charge on any atom is -0.465 e. The summed E-state index contributed by atoms with van der Waals surface area (Å²) in [6.07, 6.45) is 3.97. The summed E-state index contributed by atoms with van der Waals surface area (Å²) >= 11 is 1.74. The minimum absolute atomic E-state index is 0.116. The van der Waals surface area contributed by atoms with Crippen LogP contribution in [0.4, 0.5) is 5.13 Å². The van der Waals surface area contributed by atoms with Gasteiger partial charge in [-0.05, 0) is 32.6 Å². The van der Waals surface area contributed by atoms with Gasteiger partial charge >= 0.3 is 5.97 Å². The molecule has 0 amide bonds. The topological polar surface area (TPSA) is 51.7 Å². The molecule has 21 heavy (non-hydrogen) atoms. The van der Waals surface area contributed by atoms with Crippen LogP contribution in [0.15, 0.2) is 0 Å². The Labute approximate surface area is 129 Å². The molecule has 0 N–H and O–H groups in total. The van der Waals surface area contributed by atoms with Crippen molar-refractivity contribution in [3.63, 3.8) is 0 Å². The van der Waals surface area contributed by atoms with E-state index in [1.165, 1.54) is 4.88 Å². The number of hydrogen-bond donors (Lipinski definition) is 0. The van der Waals surface area contributed by atoms with Gasteiger partial charge < -0.3 is 14.4 Å². The van der Waals surface area contributed by atoms with E-state index in [0.717, 1.165) is 62.8 Å². The number of hydrogen-bond acceptors (Lipinski definition) is 6. The molecule has 1 aliphatic carbocycles. The number of carbonyl (C=O) groups is 1. The van der Waals surface area contributed by atoms with Crippen LogP contribution >= 0.6 is 11.3 Å². The molecule has 1 fully saturated rings. The summed E-state index contributed by atoms with van der Waals surface area (Å²) < 4.78 is 10.7. The number of nitrogens with zero attached hydrogens (tertiary/aromatic N) is 2. The van der Waals surface area contributed by atoms with Crippen molar-refractivity contribution in [3.05, 3.63) is 10.6 Å². The highest BCUT2D eigenvalue weighted by atomic mass is 32.1. The van der Waals surface area contributed by atoms with E-state index in [9.17, 15) is 4.79 Å². The van der Waals surface area contributed by atoms with E-state index in [1.807, 2.05) is 6.92 Å². The van der Waals surface area contributed by atoms with Gasteiger partial charge in [-0.1, -0.05) is 0 Å². The summed E-state index contributed by atoms with van der Waals surface area (Å²) in [6, 6.07) is 0. The van der Waals surface area contributed by atoms with Gasteiger partial charge in [-0.25, -0.2) is 4.98 Å². The highest BCUT2D eigenvalue weighted by Crippen LogP contribution is 2.38. The van der Waals surface area contributed by atoms with Crippen LogP contribution in [0.25, 0.3) is 0 Å². The Bertz CT molecular complexity index is 495. The van der Waals surface area contributed by atoms with Crippen molar-refractivity contribution >= 4 is 22.4 Å². The van der Waals surface area contributed by atoms with Crippen LogP contribution in [0, 0.1) is 0 Å². The van der Waals surface area contributed by atoms with Gasteiger partial charge in [0.1, 0.15) is 5.92 Å². The first-order valence-corrected chi connectivity index (χ1v) is 8.60. The fourth-order valence-corrected chi connectivity index (χ4v) is 4.17. The third-order valence-corrected chi connectivity index (χ3v) is 5.20. The molecule has 0 spiro atoms. The van der Waals surface area contributed by atoms with E-state index in [0.29, 0.717) is 6.61 Å². The van der Waals surface area contributed by atoms with Crippen molar-refractivity contribution in [2.75, 3.05) is 37.8 Å². The van der Waals surface area contributed by atoms with Gasteiger partial charge in [-0.15, -0.1) is 11.3 Å². The van der Waals surface area contributed by atoms with E-state index < -0.39 is 0 Å². The lowest BCUT2D eigenvalue weighted by Crippen LogP contribution is -2.26. The van der Waals surface area contributed by atoms with Gasteiger partial charge in [-0.2, -0.15) is 0 Å². The largest absolute Gasteiger partial charge is 0.465 e. The molecule has 0 aromatic carbocycles. The first-order valence-electron chi connectivity index (χ1n) is 7.78. The molecule has 1 aromatic rings. The van der Waals surface area contributed by atoms with Crippen LogP contribution < -0.4 is 4.90 Å². The molecule has 5 nitrogen and oxygen atoms in total. The van der Waals surface area contributed by atoms with E-state index >= 15 is 0 Å². The predicted molar refractivity (Wildman–Crippen MR) is 82.1 cm³/mol. The van der Waals surface area contributed by atoms with Gasteiger partial charge in [-0.3, -0.25) is 4.79 Å². The summed E-state index contributed by atoms with van der Waals surface area (Å²) in [5, 5.41) is 1.04. The highest BCUT2D eigenvalue weighted by Gasteiger charge is 2.32. The van der Waals surface area contributed by atoms with Crippen LogP contribution in [0.2, 0.25) is 0 Å². The summed E-state index contributed by atoms with van der Waals surface area (Å²) in [7, 11) is 0. The number of rotatable bonds is 3. The van der Waals surface area contributed by atoms with Crippen LogP contribution in [-0.2, 0) is 20.7 Å². The zero-order valence-electron chi connectivity index (χ0n) is 12.5. The Morgan fingerprint density at radius 1 is 1.43 bits per heavy atom. The third kappa shape index (κ3) is 3.21. The lowest BCUT2D eigenvalue weighted by molar-refractivity contribution is -0.145. The standard InChI is InChI=1S/C15H22N2O3S/c1-2-20-14(18)11-5-3-6-12-13(11)16-15(21-12)17-7-4-9-19-10-8-17/h11H,2-10H2,1H3. The second-order valence-corrected chi connectivity index (χ2v) is 6.52. The Hall–Kier alpha value is -1.14. The molecule has 6 heteroatoms. The van der Waals surface area contributed by atoms with Crippen LogP contribution in [-0.4, -0.2) is 43.9 Å². The molecule has 0 saturated carbocycles. The molecule has 2 heterocycles. The Morgan fingerprint density at radius 3 is 3.19 bits per heavy atom. The number of ether oxygens (including phenoxy) is 2. The average molecular weight is 310 g/mol. The normalized spacial score (nSPS) is 22.5. The molecule has 3 rings (SSSR count). The van der Waals surface area contributed by atoms with E-state index in [4.69, 9.17) is 14.5 Å². The molecule has 2 aliphatic rings. The molecule has 1 unspecified atom stereocenters. The van der Waals surface area contributed by atoms with E-state index in [2.05, 4.69) is 4.90 Å². The fraction of sp³-hybridized carbons (Fsp3) is 0.733. The maximum absolute atomic E-state index is 12.1. The monoisotopic (exact) mass is 310 g/mol. The molecule has 1 atom stereocenters. The second-order valence-electron chi connectivity index (χ2n) is 5.45. The second kappa shape index (κ2) is 6.75. The first kappa shape index (κ1) is 14.8. The van der Waals surface area contributed by atoms with Crippen molar-refractivity contribution in [1.82, 2.24) is 4.98 Å². The van der Waals surface area contributed by atoms with Gasteiger partial charge in [0.15, 0.2) is 5.13 Å². The number of anilines is 1. The molecule has 1 aliphatic heterocycles. The van der Waals surface area contributed by atoms with Gasteiger partial charge in [0.05, 0.1) is 18.9 Å². The van der Waals surface area contributed by atoms with Crippen molar-refractivity contribution in [2.45, 2.75) is 38.5 Å². The van der Waals surface area contributed by atoms with Crippen molar-refractivity contribution in [2.24, 2.45) is 0 Å². The van der Waals surface area contributed by atoms with Crippen molar-refractivity contribution in [1.29, 1.82) is 0 Å². The summed E-state index contributed by atoms with van der Waals surface area (Å²) in [6.45, 7) is 5.74. The lowest BCUT2D eigenvalue weighted by Gasteiger charge is -2.19. The van der Waals surface area contributed by atoms with Crippen LogP contribution in [0.3, 0.4) is 0 Å². The number of fused-ring (bicyclic) bond motifs is 1. The zero-order valence-corrected chi connectivity index (χ0v) is 13.3. The summed E-state index contributed by atoms with van der Waals surface area (Å²) in [5.41, 5.74) is 0.963. The summed E-state index contributed by atoms with van der Waals surface area (Å²) in [5.74, 6) is -0.281. The molecule has 0 radical (unpaired) electrons. The average Bonchev–Trinajstić information content (AvgIpc) is 2.74. The summed E-state index contributed by atoms with van der Waals surface area (Å²) in [4.78, 5) is 20.5. The molecule has 1 saturated heterocycles. The Balaban J connectivity index is 1.81. The Morgan fingerprint density at radius 2 is 2.33 bits per heavy atom. The molecular weight excluding hydrogens is 288 g/mol. The van der Waals surface area contributed by atoms with Crippen LogP contribution in [0.5, 0.6) is 0 Å². The highest BCUT2D eigenvalue weighted by molar-refractivity contribution is 7.15. The third-order valence-electron chi connectivity index (χ3n) is 4.01. The zero-order chi connectivity index (χ0) is 14.7. The SMILES string of the molecule is CCOC(=O)C1CCCc2sc(N3CCCOCC3)nc21. The number of aryl methyl sites for hydroxylation is 1. The Kier molecular flexibility index (Phi) is 4.75. The smallest absolute Gasteiger partial charge is 0.315 e. The van der Waals surface area contributed by atoms with Crippen LogP contribution in [0.1, 0.15) is 42.7 Å². The quantitative estimate of drug-likeness (QED) is 0.802. The first-order chi connectivity index (χ1) is 10.3. The maximum atomic E-state index is 12.1. The number of thiazole rings is 1. The van der Waals surface area contributed by atoms with Gasteiger partial charge in [0.25, 0.3) is 0 Å².